The van der Waals surface area contributed by atoms with E-state index in [1.54, 1.807) is 18.3 Å². The van der Waals surface area contributed by atoms with E-state index in [9.17, 15) is 4.39 Å². The molecule has 0 unspecified atom stereocenters. The normalized spacial score (nSPS) is 10.8. The number of aromatic nitrogens is 3. The number of halogens is 1. The molecule has 7 heteroatoms. The Labute approximate surface area is 136 Å². The Bertz CT molecular complexity index is 605. The molecule has 124 valence electrons. The molecule has 0 aliphatic rings. The van der Waals surface area contributed by atoms with E-state index in [-0.39, 0.29) is 5.82 Å². The van der Waals surface area contributed by atoms with Crippen LogP contribution in [0.1, 0.15) is 12.0 Å². The minimum Gasteiger partial charge on any atom is -0.368 e. The van der Waals surface area contributed by atoms with E-state index in [0.717, 1.165) is 19.5 Å². The average molecular weight is 318 g/mol. The van der Waals surface area contributed by atoms with Gasteiger partial charge < -0.3 is 15.5 Å². The van der Waals surface area contributed by atoms with Crippen molar-refractivity contribution in [3.05, 3.63) is 41.8 Å². The number of rotatable bonds is 9. The highest BCUT2D eigenvalue weighted by Gasteiger charge is 2.02. The van der Waals surface area contributed by atoms with Crippen molar-refractivity contribution in [1.82, 2.24) is 20.1 Å². The third-order valence-corrected chi connectivity index (χ3v) is 3.28. The molecule has 2 aromatic rings. The molecular formula is C16H23FN6. The third-order valence-electron chi connectivity index (χ3n) is 3.28. The summed E-state index contributed by atoms with van der Waals surface area (Å²) in [6.45, 7) is 2.37. The van der Waals surface area contributed by atoms with Crippen LogP contribution in [0.5, 0.6) is 0 Å². The largest absolute Gasteiger partial charge is 0.368 e. The molecule has 0 spiro atoms. The van der Waals surface area contributed by atoms with Crippen LogP contribution >= 0.6 is 0 Å². The highest BCUT2D eigenvalue weighted by molar-refractivity contribution is 5.37. The van der Waals surface area contributed by atoms with Gasteiger partial charge in [-0.15, -0.1) is 5.10 Å². The molecule has 23 heavy (non-hydrogen) atoms. The van der Waals surface area contributed by atoms with Gasteiger partial charge in [0.15, 0.2) is 5.82 Å². The fourth-order valence-corrected chi connectivity index (χ4v) is 2.09. The molecule has 6 nitrogen and oxygen atoms in total. The number of hydrogen-bond acceptors (Lipinski definition) is 6. The Balaban J connectivity index is 1.77. The lowest BCUT2D eigenvalue weighted by Gasteiger charge is -2.10. The second kappa shape index (κ2) is 8.99. The summed E-state index contributed by atoms with van der Waals surface area (Å²) in [5.74, 6) is 0.949. The summed E-state index contributed by atoms with van der Waals surface area (Å²) in [4.78, 5) is 6.47. The maximum absolute atomic E-state index is 13.5. The number of benzene rings is 1. The van der Waals surface area contributed by atoms with Crippen molar-refractivity contribution >= 4 is 11.8 Å². The van der Waals surface area contributed by atoms with E-state index >= 15 is 0 Å². The van der Waals surface area contributed by atoms with Crippen molar-refractivity contribution in [2.75, 3.05) is 44.4 Å². The molecule has 0 atom stereocenters. The van der Waals surface area contributed by atoms with Gasteiger partial charge in [-0.3, -0.25) is 0 Å². The Morgan fingerprint density at radius 1 is 1.13 bits per heavy atom. The molecule has 0 fully saturated rings. The van der Waals surface area contributed by atoms with Crippen molar-refractivity contribution in [2.45, 2.75) is 12.8 Å². The number of nitrogens with one attached hydrogen (secondary N) is 2. The lowest BCUT2D eigenvalue weighted by atomic mass is 10.1. The highest BCUT2D eigenvalue weighted by atomic mass is 19.1. The van der Waals surface area contributed by atoms with E-state index in [2.05, 4.69) is 30.7 Å². The molecule has 0 bridgehead atoms. The summed E-state index contributed by atoms with van der Waals surface area (Å²) in [5.41, 5.74) is 0.684. The molecule has 1 aromatic carbocycles. The number of nitrogens with zero attached hydrogens (tertiary/aromatic N) is 4. The van der Waals surface area contributed by atoms with Gasteiger partial charge in [0, 0.05) is 13.1 Å². The first-order chi connectivity index (χ1) is 11.1. The maximum atomic E-state index is 13.5. The summed E-state index contributed by atoms with van der Waals surface area (Å²) in [5, 5.41) is 14.2. The monoisotopic (exact) mass is 318 g/mol. The van der Waals surface area contributed by atoms with Crippen LogP contribution in [0.15, 0.2) is 30.5 Å². The number of hydrogen-bond donors (Lipinski definition) is 2. The van der Waals surface area contributed by atoms with Crippen molar-refractivity contribution in [3.8, 4) is 0 Å². The predicted molar refractivity (Wildman–Crippen MR) is 90.1 cm³/mol. The Morgan fingerprint density at radius 3 is 2.74 bits per heavy atom. The van der Waals surface area contributed by atoms with Crippen molar-refractivity contribution in [3.63, 3.8) is 0 Å². The molecule has 2 rings (SSSR count). The zero-order chi connectivity index (χ0) is 16.5. The molecule has 0 saturated heterocycles. The van der Waals surface area contributed by atoms with Crippen LogP contribution in [0.4, 0.5) is 16.2 Å². The first kappa shape index (κ1) is 17.1. The van der Waals surface area contributed by atoms with Crippen LogP contribution in [0, 0.1) is 5.82 Å². The Hall–Kier alpha value is -2.28. The van der Waals surface area contributed by atoms with Crippen LogP contribution in [0.2, 0.25) is 0 Å². The van der Waals surface area contributed by atoms with Gasteiger partial charge in [-0.2, -0.15) is 10.1 Å². The van der Waals surface area contributed by atoms with Crippen LogP contribution in [0.3, 0.4) is 0 Å². The lowest BCUT2D eigenvalue weighted by Crippen LogP contribution is -2.17. The first-order valence-corrected chi connectivity index (χ1v) is 7.71. The molecule has 0 amide bonds. The highest BCUT2D eigenvalue weighted by Crippen LogP contribution is 2.08. The van der Waals surface area contributed by atoms with Gasteiger partial charge in [-0.05, 0) is 45.1 Å². The Morgan fingerprint density at radius 2 is 1.96 bits per heavy atom. The molecule has 0 aliphatic carbocycles. The minimum absolute atomic E-state index is 0.182. The van der Waals surface area contributed by atoms with Gasteiger partial charge in [-0.25, -0.2) is 4.39 Å². The fraction of sp³-hybridized carbons (Fsp3) is 0.438. The minimum atomic E-state index is -0.182. The van der Waals surface area contributed by atoms with Crippen molar-refractivity contribution in [2.24, 2.45) is 0 Å². The third kappa shape index (κ3) is 6.15. The molecule has 0 aliphatic heterocycles. The first-order valence-electron chi connectivity index (χ1n) is 7.71. The second-order valence-electron chi connectivity index (χ2n) is 5.52. The molecule has 0 radical (unpaired) electrons. The molecule has 1 aromatic heterocycles. The molecule has 0 saturated carbocycles. The zero-order valence-electron chi connectivity index (χ0n) is 13.6. The van der Waals surface area contributed by atoms with Crippen molar-refractivity contribution in [1.29, 1.82) is 0 Å². The summed E-state index contributed by atoms with van der Waals surface area (Å²) in [6.07, 6.45) is 3.15. The van der Waals surface area contributed by atoms with E-state index in [1.807, 2.05) is 20.2 Å². The van der Waals surface area contributed by atoms with E-state index in [4.69, 9.17) is 0 Å². The zero-order valence-corrected chi connectivity index (χ0v) is 13.6. The van der Waals surface area contributed by atoms with Crippen LogP contribution in [-0.2, 0) is 6.42 Å². The van der Waals surface area contributed by atoms with Crippen molar-refractivity contribution < 1.29 is 4.39 Å². The predicted octanol–water partition coefficient (Wildman–Crippen LogP) is 2.03. The van der Waals surface area contributed by atoms with Gasteiger partial charge in [-0.1, -0.05) is 18.2 Å². The standard InChI is InChI=1S/C16H23FN6/c1-23(2)11-5-9-19-16-21-15(12-20-22-16)18-10-8-13-6-3-4-7-14(13)17/h3-4,6-7,12H,5,8-11H2,1-2H3,(H2,18,19,21,22). The molecule has 1 heterocycles. The van der Waals surface area contributed by atoms with E-state index in [1.165, 1.54) is 6.07 Å². The average Bonchev–Trinajstić information content (AvgIpc) is 2.54. The Kier molecular flexibility index (Phi) is 6.68. The maximum Gasteiger partial charge on any atom is 0.244 e. The SMILES string of the molecule is CN(C)CCCNc1nncc(NCCc2ccccc2F)n1. The quantitative estimate of drug-likeness (QED) is 0.690. The summed E-state index contributed by atoms with van der Waals surface area (Å²) in [7, 11) is 4.08. The summed E-state index contributed by atoms with van der Waals surface area (Å²) < 4.78 is 13.5. The summed E-state index contributed by atoms with van der Waals surface area (Å²) in [6, 6.07) is 6.78. The van der Waals surface area contributed by atoms with E-state index in [0.29, 0.717) is 30.3 Å². The smallest absolute Gasteiger partial charge is 0.244 e. The van der Waals surface area contributed by atoms with Gasteiger partial charge in [0.05, 0.1) is 6.20 Å². The van der Waals surface area contributed by atoms with Gasteiger partial charge in [0.25, 0.3) is 0 Å². The second-order valence-corrected chi connectivity index (χ2v) is 5.52. The topological polar surface area (TPSA) is 66.0 Å². The lowest BCUT2D eigenvalue weighted by molar-refractivity contribution is 0.405. The fourth-order valence-electron chi connectivity index (χ4n) is 2.09. The van der Waals surface area contributed by atoms with Gasteiger partial charge in [0.2, 0.25) is 5.95 Å². The van der Waals surface area contributed by atoms with Gasteiger partial charge in [0.1, 0.15) is 5.82 Å². The van der Waals surface area contributed by atoms with Crippen LogP contribution < -0.4 is 10.6 Å². The molecule has 2 N–H and O–H groups in total. The summed E-state index contributed by atoms with van der Waals surface area (Å²) >= 11 is 0. The number of anilines is 2. The van der Waals surface area contributed by atoms with Gasteiger partial charge >= 0.3 is 0 Å². The van der Waals surface area contributed by atoms with Crippen LogP contribution in [-0.4, -0.2) is 53.8 Å². The molecular weight excluding hydrogens is 295 g/mol. The van der Waals surface area contributed by atoms with E-state index < -0.39 is 0 Å². The van der Waals surface area contributed by atoms with Crippen LogP contribution in [0.25, 0.3) is 0 Å².